The Morgan fingerprint density at radius 1 is 1.05 bits per heavy atom. The number of benzene rings is 1. The topological polar surface area (TPSA) is 88.5 Å². The van der Waals surface area contributed by atoms with Gasteiger partial charge in [-0.2, -0.15) is 0 Å². The Hall–Kier alpha value is -2.32. The van der Waals surface area contributed by atoms with Crippen LogP contribution < -0.4 is 5.32 Å². The Morgan fingerprint density at radius 3 is 2.23 bits per heavy atom. The van der Waals surface area contributed by atoms with Crippen LogP contribution in [0.2, 0.25) is 5.02 Å². The van der Waals surface area contributed by atoms with Crippen LogP contribution in [-0.4, -0.2) is 87.4 Å². The zero-order chi connectivity index (χ0) is 27.9. The van der Waals surface area contributed by atoms with Gasteiger partial charge in [0.05, 0.1) is 12.3 Å². The summed E-state index contributed by atoms with van der Waals surface area (Å²) in [7, 11) is 0. The summed E-state index contributed by atoms with van der Waals surface area (Å²) in [6.45, 7) is 7.43. The molecule has 0 aromatic heterocycles. The standard InChI is InChI=1S/C30H46ClN5O3/c1-4-34(5-2)30(38)36(24-9-7-6-8-10-24)27-18-25-15-16-26(19-27)35(25)29(37)28(33-21(3)20-32-39)17-22-11-13-23(31)14-12-22/h11-14,20-21,24-28,33,39H,4-10,15-19H2,1-3H3/b32-20+/t21?,25?,26?,27?,28-/m1/s1. The molecule has 8 nitrogen and oxygen atoms in total. The lowest BCUT2D eigenvalue weighted by molar-refractivity contribution is -0.139. The highest BCUT2D eigenvalue weighted by Crippen LogP contribution is 2.40. The van der Waals surface area contributed by atoms with Gasteiger partial charge in [-0.1, -0.05) is 43.0 Å². The Labute approximate surface area is 238 Å². The van der Waals surface area contributed by atoms with Crippen LogP contribution in [0.25, 0.3) is 0 Å². The summed E-state index contributed by atoms with van der Waals surface area (Å²) in [4.78, 5) is 34.2. The molecule has 2 bridgehead atoms. The van der Waals surface area contributed by atoms with Gasteiger partial charge in [0.25, 0.3) is 0 Å². The van der Waals surface area contributed by atoms with E-state index in [1.807, 2.05) is 36.1 Å². The number of nitrogens with one attached hydrogen (secondary N) is 1. The molecule has 1 aromatic rings. The number of piperidine rings is 1. The van der Waals surface area contributed by atoms with Gasteiger partial charge < -0.3 is 19.9 Å². The third kappa shape index (κ3) is 7.07. The van der Waals surface area contributed by atoms with Crippen molar-refractivity contribution in [2.75, 3.05) is 13.1 Å². The number of nitrogens with zero attached hydrogens (tertiary/aromatic N) is 4. The van der Waals surface area contributed by atoms with E-state index in [1.165, 1.54) is 25.5 Å². The van der Waals surface area contributed by atoms with Crippen LogP contribution in [-0.2, 0) is 11.2 Å². The minimum absolute atomic E-state index is 0.0911. The maximum Gasteiger partial charge on any atom is 0.320 e. The minimum Gasteiger partial charge on any atom is -0.411 e. The molecule has 39 heavy (non-hydrogen) atoms. The number of hydrogen-bond acceptors (Lipinski definition) is 5. The van der Waals surface area contributed by atoms with Gasteiger partial charge in [0.15, 0.2) is 0 Å². The first-order chi connectivity index (χ1) is 18.9. The van der Waals surface area contributed by atoms with Crippen molar-refractivity contribution in [3.05, 3.63) is 34.9 Å². The highest BCUT2D eigenvalue weighted by atomic mass is 35.5. The Morgan fingerprint density at radius 2 is 1.67 bits per heavy atom. The number of urea groups is 1. The van der Waals surface area contributed by atoms with Gasteiger partial charge in [-0.25, -0.2) is 4.79 Å². The molecule has 1 aromatic carbocycles. The highest BCUT2D eigenvalue weighted by Gasteiger charge is 2.48. The van der Waals surface area contributed by atoms with Crippen molar-refractivity contribution in [1.82, 2.24) is 20.0 Å². The van der Waals surface area contributed by atoms with Crippen LogP contribution in [0.3, 0.4) is 0 Å². The Bertz CT molecular complexity index is 965. The van der Waals surface area contributed by atoms with E-state index >= 15 is 0 Å². The second-order valence-electron chi connectivity index (χ2n) is 11.5. The number of amides is 3. The van der Waals surface area contributed by atoms with Crippen molar-refractivity contribution >= 4 is 29.8 Å². The number of carbonyl (C=O) groups excluding carboxylic acids is 2. The Kier molecular flexibility index (Phi) is 10.5. The van der Waals surface area contributed by atoms with E-state index in [9.17, 15) is 9.59 Å². The van der Waals surface area contributed by atoms with Crippen LogP contribution in [0.5, 0.6) is 0 Å². The lowest BCUT2D eigenvalue weighted by Crippen LogP contribution is -2.61. The van der Waals surface area contributed by atoms with Gasteiger partial charge in [-0.15, -0.1) is 5.16 Å². The zero-order valence-corrected chi connectivity index (χ0v) is 24.5. The highest BCUT2D eigenvalue weighted by molar-refractivity contribution is 6.30. The predicted molar refractivity (Wildman–Crippen MR) is 156 cm³/mol. The van der Waals surface area contributed by atoms with Crippen molar-refractivity contribution < 1.29 is 14.8 Å². The fourth-order valence-corrected chi connectivity index (χ4v) is 7.20. The molecule has 216 valence electrons. The second kappa shape index (κ2) is 13.8. The summed E-state index contributed by atoms with van der Waals surface area (Å²) in [6, 6.07) is 7.80. The van der Waals surface area contributed by atoms with Gasteiger partial charge >= 0.3 is 6.03 Å². The van der Waals surface area contributed by atoms with Gasteiger partial charge in [-0.05, 0) is 83.4 Å². The molecule has 2 aliphatic heterocycles. The van der Waals surface area contributed by atoms with E-state index in [1.54, 1.807) is 0 Å². The van der Waals surface area contributed by atoms with E-state index in [0.29, 0.717) is 17.5 Å². The molecule has 3 aliphatic rings. The number of halogens is 1. The third-order valence-electron chi connectivity index (χ3n) is 8.98. The van der Waals surface area contributed by atoms with Gasteiger partial charge in [0.1, 0.15) is 0 Å². The predicted octanol–water partition coefficient (Wildman–Crippen LogP) is 5.31. The molecule has 0 spiro atoms. The summed E-state index contributed by atoms with van der Waals surface area (Å²) in [6.07, 6.45) is 11.4. The molecule has 3 fully saturated rings. The molecule has 1 saturated carbocycles. The summed E-state index contributed by atoms with van der Waals surface area (Å²) >= 11 is 6.09. The summed E-state index contributed by atoms with van der Waals surface area (Å²) in [5, 5.41) is 16.3. The average molecular weight is 560 g/mol. The van der Waals surface area contributed by atoms with E-state index in [0.717, 1.165) is 57.2 Å². The van der Waals surface area contributed by atoms with E-state index in [2.05, 4.69) is 34.1 Å². The number of rotatable bonds is 10. The number of hydrogen-bond donors (Lipinski definition) is 2. The van der Waals surface area contributed by atoms with Crippen LogP contribution in [0.4, 0.5) is 4.79 Å². The molecule has 3 unspecified atom stereocenters. The Balaban J connectivity index is 1.53. The first-order valence-corrected chi connectivity index (χ1v) is 15.3. The van der Waals surface area contributed by atoms with Crippen LogP contribution in [0, 0.1) is 0 Å². The molecular weight excluding hydrogens is 514 g/mol. The van der Waals surface area contributed by atoms with Crippen molar-refractivity contribution in [2.24, 2.45) is 5.16 Å². The van der Waals surface area contributed by atoms with Crippen LogP contribution >= 0.6 is 11.6 Å². The minimum atomic E-state index is -0.453. The quantitative estimate of drug-likeness (QED) is 0.231. The third-order valence-corrected chi connectivity index (χ3v) is 9.24. The molecule has 2 N–H and O–H groups in total. The van der Waals surface area contributed by atoms with Crippen molar-refractivity contribution in [3.8, 4) is 0 Å². The summed E-state index contributed by atoms with van der Waals surface area (Å²) < 4.78 is 0. The van der Waals surface area contributed by atoms with Gasteiger partial charge in [0, 0.05) is 48.3 Å². The number of carbonyl (C=O) groups is 2. The smallest absolute Gasteiger partial charge is 0.320 e. The molecule has 4 rings (SSSR count). The molecule has 1 aliphatic carbocycles. The zero-order valence-electron chi connectivity index (χ0n) is 23.8. The lowest BCUT2D eigenvalue weighted by atomic mass is 9.89. The lowest BCUT2D eigenvalue weighted by Gasteiger charge is -2.48. The monoisotopic (exact) mass is 559 g/mol. The molecule has 9 heteroatoms. The van der Waals surface area contributed by atoms with Gasteiger partial charge in [-0.3, -0.25) is 10.1 Å². The maximum absolute atomic E-state index is 14.1. The first kappa shape index (κ1) is 29.7. The second-order valence-corrected chi connectivity index (χ2v) is 11.9. The molecule has 3 amide bonds. The van der Waals surface area contributed by atoms with Crippen molar-refractivity contribution in [3.63, 3.8) is 0 Å². The van der Waals surface area contributed by atoms with E-state index < -0.39 is 6.04 Å². The molecule has 0 radical (unpaired) electrons. The maximum atomic E-state index is 14.1. The van der Waals surface area contributed by atoms with Gasteiger partial charge in [0.2, 0.25) is 5.91 Å². The normalized spacial score (nSPS) is 25.0. The average Bonchev–Trinajstić information content (AvgIpc) is 3.20. The van der Waals surface area contributed by atoms with Crippen LogP contribution in [0.1, 0.15) is 84.1 Å². The van der Waals surface area contributed by atoms with Crippen molar-refractivity contribution in [2.45, 2.75) is 121 Å². The molecule has 2 saturated heterocycles. The molecule has 4 atom stereocenters. The van der Waals surface area contributed by atoms with E-state index in [4.69, 9.17) is 16.8 Å². The molecular formula is C30H46ClN5O3. The number of fused-ring (bicyclic) bond motifs is 2. The van der Waals surface area contributed by atoms with Crippen LogP contribution in [0.15, 0.2) is 29.4 Å². The SMILES string of the molecule is CCN(CC)C(=O)N(C1CCCCC1)C1CC2CCC(C1)N2C(=O)[C@@H](Cc1ccc(Cl)cc1)NC(C)/C=N/O. The summed E-state index contributed by atoms with van der Waals surface area (Å²) in [5.41, 5.74) is 1.02. The largest absolute Gasteiger partial charge is 0.411 e. The fraction of sp³-hybridized carbons (Fsp3) is 0.700. The number of oxime groups is 1. The fourth-order valence-electron chi connectivity index (χ4n) is 7.08. The molecule has 2 heterocycles. The van der Waals surface area contributed by atoms with Crippen molar-refractivity contribution in [1.29, 1.82) is 0 Å². The van der Waals surface area contributed by atoms with E-state index in [-0.39, 0.29) is 36.1 Å². The summed E-state index contributed by atoms with van der Waals surface area (Å²) in [5.74, 6) is 0.0911. The first-order valence-electron chi connectivity index (χ1n) is 14.9.